The number of hydrogen-bond acceptors (Lipinski definition) is 6. The molecule has 6 nitrogen and oxygen atoms in total. The van der Waals surface area contributed by atoms with Gasteiger partial charge in [-0.2, -0.15) is 0 Å². The summed E-state index contributed by atoms with van der Waals surface area (Å²) in [7, 11) is 1.64. The zero-order valence-corrected chi connectivity index (χ0v) is 23.2. The fourth-order valence-corrected chi connectivity index (χ4v) is 5.73. The number of hydrogen-bond donors (Lipinski definition) is 2. The molecule has 35 heavy (non-hydrogen) atoms. The molecule has 7 heteroatoms. The molecule has 0 saturated carbocycles. The van der Waals surface area contributed by atoms with Crippen LogP contribution >= 0.6 is 11.3 Å². The van der Waals surface area contributed by atoms with Gasteiger partial charge < -0.3 is 14.9 Å². The highest BCUT2D eigenvalue weighted by Crippen LogP contribution is 2.44. The van der Waals surface area contributed by atoms with Crippen molar-refractivity contribution >= 4 is 23.1 Å². The van der Waals surface area contributed by atoms with Crippen LogP contribution < -0.4 is 4.74 Å². The number of benzene rings is 1. The predicted octanol–water partition coefficient (Wildman–Crippen LogP) is 5.46. The zero-order valence-electron chi connectivity index (χ0n) is 22.4. The van der Waals surface area contributed by atoms with Crippen LogP contribution in [0.1, 0.15) is 78.7 Å². The van der Waals surface area contributed by atoms with Crippen molar-refractivity contribution in [3.05, 3.63) is 50.7 Å². The number of carboxylic acid groups (broad SMARTS) is 1. The Balaban J connectivity index is 2.34. The fraction of sp³-hybridized carbons (Fsp3) is 0.571. The van der Waals surface area contributed by atoms with E-state index in [-0.39, 0.29) is 36.3 Å². The first-order valence-electron chi connectivity index (χ1n) is 12.2. The first-order valence-corrected chi connectivity index (χ1v) is 13.0. The molecule has 2 aromatic rings. The minimum atomic E-state index is -0.949. The van der Waals surface area contributed by atoms with Gasteiger partial charge >= 0.3 is 5.97 Å². The number of carbonyl (C=O) groups is 2. The third-order valence-electron chi connectivity index (χ3n) is 6.79. The van der Waals surface area contributed by atoms with Crippen molar-refractivity contribution in [1.29, 1.82) is 0 Å². The maximum atomic E-state index is 12.9. The van der Waals surface area contributed by atoms with Gasteiger partial charge in [0.25, 0.3) is 0 Å². The number of carboxylic acids is 1. The van der Waals surface area contributed by atoms with Crippen LogP contribution in [-0.2, 0) is 10.2 Å². The third kappa shape index (κ3) is 6.93. The molecule has 0 radical (unpaired) electrons. The summed E-state index contributed by atoms with van der Waals surface area (Å²) in [5.74, 6) is -0.241. The van der Waals surface area contributed by atoms with Gasteiger partial charge in [-0.3, -0.25) is 14.5 Å². The summed E-state index contributed by atoms with van der Waals surface area (Å²) in [6.07, 6.45) is 1.18. The van der Waals surface area contributed by atoms with E-state index in [0.29, 0.717) is 4.88 Å². The summed E-state index contributed by atoms with van der Waals surface area (Å²) in [4.78, 5) is 27.3. The maximum Gasteiger partial charge on any atom is 0.317 e. The van der Waals surface area contributed by atoms with Gasteiger partial charge in [0.2, 0.25) is 0 Å². The SMILES string of the molecule is CCC(CC)(c1ccc(OCC(O)C(C)(C)C)c(C)c1)c1cc(C)c(C(=O)CN(C)CC(=O)O)s1. The molecule has 0 fully saturated rings. The molecule has 0 bridgehead atoms. The normalized spacial score (nSPS) is 13.2. The second kappa shape index (κ2) is 11.7. The molecule has 0 saturated heterocycles. The molecular formula is C28H41NO5S. The molecular weight excluding hydrogens is 462 g/mol. The Hall–Kier alpha value is -2.22. The lowest BCUT2D eigenvalue weighted by molar-refractivity contribution is -0.137. The van der Waals surface area contributed by atoms with E-state index in [1.165, 1.54) is 21.8 Å². The first kappa shape index (κ1) is 29.0. The summed E-state index contributed by atoms with van der Waals surface area (Å²) in [6.45, 7) is 14.4. The highest BCUT2D eigenvalue weighted by molar-refractivity contribution is 7.14. The van der Waals surface area contributed by atoms with Crippen molar-refractivity contribution in [2.75, 3.05) is 26.7 Å². The Morgan fingerprint density at radius 1 is 1.06 bits per heavy atom. The van der Waals surface area contributed by atoms with Crippen LogP contribution in [0.2, 0.25) is 0 Å². The lowest BCUT2D eigenvalue weighted by Crippen LogP contribution is -2.32. The standard InChI is InChI=1S/C28H41NO5S/c1-9-28(10-2,20-11-12-22(18(3)13-20)34-17-23(31)27(5,6)7)24-14-19(4)26(35-24)21(30)15-29(8)16-25(32)33/h11-14,23,31H,9-10,15-17H2,1-8H3,(H,32,33). The number of ketones is 1. The zero-order chi connectivity index (χ0) is 26.6. The van der Waals surface area contributed by atoms with Crippen LogP contribution in [0.5, 0.6) is 5.75 Å². The van der Waals surface area contributed by atoms with Crippen molar-refractivity contribution in [3.63, 3.8) is 0 Å². The van der Waals surface area contributed by atoms with Gasteiger partial charge in [0.15, 0.2) is 5.78 Å². The molecule has 0 aliphatic rings. The monoisotopic (exact) mass is 503 g/mol. The van der Waals surface area contributed by atoms with Gasteiger partial charge in [-0.1, -0.05) is 46.8 Å². The average molecular weight is 504 g/mol. The number of aryl methyl sites for hydroxylation is 2. The van der Waals surface area contributed by atoms with Crippen molar-refractivity contribution in [1.82, 2.24) is 4.90 Å². The Kier molecular flexibility index (Phi) is 9.68. The van der Waals surface area contributed by atoms with E-state index in [1.54, 1.807) is 7.05 Å². The number of ether oxygens (including phenoxy) is 1. The Morgan fingerprint density at radius 3 is 2.20 bits per heavy atom. The predicted molar refractivity (Wildman–Crippen MR) is 142 cm³/mol. The van der Waals surface area contributed by atoms with Gasteiger partial charge in [0.1, 0.15) is 12.4 Å². The van der Waals surface area contributed by atoms with E-state index in [0.717, 1.165) is 34.6 Å². The summed E-state index contributed by atoms with van der Waals surface area (Å²) in [5.41, 5.74) is 2.62. The minimum Gasteiger partial charge on any atom is -0.491 e. The Bertz CT molecular complexity index is 1030. The van der Waals surface area contributed by atoms with E-state index in [1.807, 2.05) is 40.7 Å². The third-order valence-corrected chi connectivity index (χ3v) is 8.27. The van der Waals surface area contributed by atoms with Crippen LogP contribution in [0.4, 0.5) is 0 Å². The smallest absolute Gasteiger partial charge is 0.317 e. The van der Waals surface area contributed by atoms with Gasteiger partial charge in [-0.05, 0) is 68.0 Å². The largest absolute Gasteiger partial charge is 0.491 e. The summed E-state index contributed by atoms with van der Waals surface area (Å²) >= 11 is 1.52. The number of thiophene rings is 1. The number of aliphatic hydroxyl groups excluding tert-OH is 1. The van der Waals surface area contributed by atoms with Crippen molar-refractivity contribution < 1.29 is 24.5 Å². The second-order valence-corrected chi connectivity index (χ2v) is 11.6. The van der Waals surface area contributed by atoms with Gasteiger partial charge in [0, 0.05) is 10.3 Å². The van der Waals surface area contributed by atoms with Crippen LogP contribution in [0.3, 0.4) is 0 Å². The molecule has 1 heterocycles. The lowest BCUT2D eigenvalue weighted by atomic mass is 9.74. The van der Waals surface area contributed by atoms with Crippen LogP contribution in [0, 0.1) is 19.3 Å². The van der Waals surface area contributed by atoms with Crippen molar-refractivity contribution in [2.45, 2.75) is 72.8 Å². The van der Waals surface area contributed by atoms with Crippen molar-refractivity contribution in [2.24, 2.45) is 5.41 Å². The van der Waals surface area contributed by atoms with Gasteiger partial charge in [-0.15, -0.1) is 11.3 Å². The van der Waals surface area contributed by atoms with E-state index in [4.69, 9.17) is 9.84 Å². The van der Waals surface area contributed by atoms with Crippen LogP contribution in [0.15, 0.2) is 24.3 Å². The molecule has 0 aliphatic carbocycles. The minimum absolute atomic E-state index is 0.0547. The number of aliphatic hydroxyl groups is 1. The topological polar surface area (TPSA) is 87.1 Å². The first-order chi connectivity index (χ1) is 16.2. The van der Waals surface area contributed by atoms with E-state index >= 15 is 0 Å². The van der Waals surface area contributed by atoms with Gasteiger partial charge in [0.05, 0.1) is 24.1 Å². The molecule has 1 atom stereocenters. The highest BCUT2D eigenvalue weighted by atomic mass is 32.1. The lowest BCUT2D eigenvalue weighted by Gasteiger charge is -2.32. The molecule has 1 aromatic heterocycles. The molecule has 194 valence electrons. The molecule has 1 unspecified atom stereocenters. The number of carbonyl (C=O) groups excluding carboxylic acids is 1. The number of nitrogens with zero attached hydrogens (tertiary/aromatic N) is 1. The summed E-state index contributed by atoms with van der Waals surface area (Å²) in [6, 6.07) is 8.34. The fourth-order valence-electron chi connectivity index (χ4n) is 4.28. The summed E-state index contributed by atoms with van der Waals surface area (Å²) < 4.78 is 5.95. The van der Waals surface area contributed by atoms with E-state index in [2.05, 4.69) is 32.0 Å². The quantitative estimate of drug-likeness (QED) is 0.374. The molecule has 0 aliphatic heterocycles. The highest BCUT2D eigenvalue weighted by Gasteiger charge is 2.34. The molecule has 0 amide bonds. The Morgan fingerprint density at radius 2 is 1.69 bits per heavy atom. The number of rotatable bonds is 12. The molecule has 0 spiro atoms. The number of aliphatic carboxylic acids is 1. The molecule has 1 aromatic carbocycles. The maximum absolute atomic E-state index is 12.9. The number of likely N-dealkylation sites (N-methyl/N-ethyl adjacent to an activating group) is 1. The summed E-state index contributed by atoms with van der Waals surface area (Å²) in [5, 5.41) is 19.3. The average Bonchev–Trinajstić information content (AvgIpc) is 3.15. The van der Waals surface area contributed by atoms with Crippen LogP contribution in [-0.4, -0.2) is 59.7 Å². The molecule has 2 rings (SSSR count). The van der Waals surface area contributed by atoms with Gasteiger partial charge in [-0.25, -0.2) is 0 Å². The van der Waals surface area contributed by atoms with E-state index < -0.39 is 12.1 Å². The van der Waals surface area contributed by atoms with Crippen molar-refractivity contribution in [3.8, 4) is 5.75 Å². The Labute approximate surface area is 213 Å². The second-order valence-electron chi connectivity index (χ2n) is 10.6. The molecule has 2 N–H and O–H groups in total. The van der Waals surface area contributed by atoms with E-state index in [9.17, 15) is 14.7 Å². The van der Waals surface area contributed by atoms with Crippen LogP contribution in [0.25, 0.3) is 0 Å². The number of Topliss-reactive ketones (excluding diaryl/α,β-unsaturated/α-hetero) is 1.